The van der Waals surface area contributed by atoms with Crippen LogP contribution in [0.1, 0.15) is 33.9 Å². The molecule has 0 saturated heterocycles. The summed E-state index contributed by atoms with van der Waals surface area (Å²) in [5.74, 6) is -1.17. The highest BCUT2D eigenvalue weighted by Gasteiger charge is 2.50. The number of nitro benzene ring substituents is 1. The van der Waals surface area contributed by atoms with Gasteiger partial charge in [-0.3, -0.25) is 14.9 Å². The van der Waals surface area contributed by atoms with Crippen molar-refractivity contribution in [1.82, 2.24) is 4.31 Å². The Morgan fingerprint density at radius 3 is 2.17 bits per heavy atom. The summed E-state index contributed by atoms with van der Waals surface area (Å²) in [6.07, 6.45) is 7.15. The highest BCUT2D eigenvalue weighted by atomic mass is 32.2. The van der Waals surface area contributed by atoms with Gasteiger partial charge in [0.25, 0.3) is 5.69 Å². The van der Waals surface area contributed by atoms with Crippen LogP contribution in [0.2, 0.25) is 0 Å². The Kier molecular flexibility index (Phi) is 8.40. The summed E-state index contributed by atoms with van der Waals surface area (Å²) in [5.41, 5.74) is 2.80. The van der Waals surface area contributed by atoms with Crippen molar-refractivity contribution < 1.29 is 27.7 Å². The van der Waals surface area contributed by atoms with Crippen LogP contribution >= 0.6 is 0 Å². The lowest BCUT2D eigenvalue weighted by atomic mass is 9.85. The van der Waals surface area contributed by atoms with Gasteiger partial charge in [-0.15, -0.1) is 0 Å². The number of benzene rings is 4. The van der Waals surface area contributed by atoms with E-state index < -0.39 is 38.8 Å². The highest BCUT2D eigenvalue weighted by molar-refractivity contribution is 7.90. The van der Waals surface area contributed by atoms with Gasteiger partial charge in [0.2, 0.25) is 10.0 Å². The van der Waals surface area contributed by atoms with Gasteiger partial charge in [0.05, 0.1) is 4.92 Å². The van der Waals surface area contributed by atoms with E-state index >= 15 is 8.42 Å². The number of carboxylic acid groups (broad SMARTS) is 1. The molecule has 1 aliphatic carbocycles. The van der Waals surface area contributed by atoms with E-state index in [0.717, 1.165) is 15.4 Å². The number of carbonyl (C=O) groups is 1. The van der Waals surface area contributed by atoms with Crippen LogP contribution < -0.4 is 0 Å². The second-order valence-corrected chi connectivity index (χ2v) is 13.2. The van der Waals surface area contributed by atoms with Crippen LogP contribution in [0.25, 0.3) is 11.0 Å². The number of non-ortho nitro benzene ring substituents is 1. The molecule has 0 radical (unpaired) electrons. The Morgan fingerprint density at radius 2 is 1.50 bits per heavy atom. The van der Waals surface area contributed by atoms with Gasteiger partial charge < -0.3 is 9.52 Å². The zero-order valence-corrected chi connectivity index (χ0v) is 25.4. The molecule has 0 spiro atoms. The van der Waals surface area contributed by atoms with Crippen molar-refractivity contribution in [3.05, 3.63) is 172 Å². The average Bonchev–Trinajstić information content (AvgIpc) is 3.43. The molecule has 0 atom stereocenters. The quantitative estimate of drug-likeness (QED) is 0.0945. The highest BCUT2D eigenvalue weighted by Crippen LogP contribution is 2.47. The van der Waals surface area contributed by atoms with Crippen molar-refractivity contribution in [2.45, 2.75) is 23.6 Å². The molecule has 0 saturated carbocycles. The Balaban J connectivity index is 1.56. The maximum Gasteiger partial charge on any atom is 0.318 e. The molecule has 1 aromatic heterocycles. The predicted molar refractivity (Wildman–Crippen MR) is 175 cm³/mol. The number of hydrogen-bond donors (Lipinski definition) is 1. The first-order chi connectivity index (χ1) is 22.2. The van der Waals surface area contributed by atoms with Gasteiger partial charge in [-0.05, 0) is 22.8 Å². The van der Waals surface area contributed by atoms with E-state index in [9.17, 15) is 20.0 Å². The normalized spacial score (nSPS) is 17.8. The minimum atomic E-state index is -4.60. The minimum absolute atomic E-state index is 0.228. The molecule has 0 aliphatic heterocycles. The Hall–Kier alpha value is -5.32. The zero-order chi connectivity index (χ0) is 32.3. The SMILES string of the molecule is O=C(O)CN(Cc1cccc([N+](=O)[O-])c1)S(=O)(=O)C1(c2c(Cc3ccccc3)oc3ccccc23)C=CC(c2ccccc2)C=C1. The van der Waals surface area contributed by atoms with Crippen molar-refractivity contribution in [3.8, 4) is 0 Å². The van der Waals surface area contributed by atoms with Gasteiger partial charge >= 0.3 is 5.97 Å². The Morgan fingerprint density at radius 1 is 0.870 bits per heavy atom. The number of nitro groups is 1. The molecule has 1 N–H and O–H groups in total. The van der Waals surface area contributed by atoms with Crippen LogP contribution in [0.3, 0.4) is 0 Å². The number of aliphatic carboxylic acids is 1. The monoisotopic (exact) mass is 634 g/mol. The summed E-state index contributed by atoms with van der Waals surface area (Å²) >= 11 is 0. The van der Waals surface area contributed by atoms with Crippen molar-refractivity contribution >= 4 is 32.6 Å². The minimum Gasteiger partial charge on any atom is -0.480 e. The van der Waals surface area contributed by atoms with Gasteiger partial charge in [-0.25, -0.2) is 8.42 Å². The molecular formula is C36H30N2O7S. The van der Waals surface area contributed by atoms with E-state index in [0.29, 0.717) is 22.3 Å². The van der Waals surface area contributed by atoms with Crippen molar-refractivity contribution in [2.24, 2.45) is 0 Å². The molecule has 0 amide bonds. The molecule has 1 heterocycles. The van der Waals surface area contributed by atoms with Gasteiger partial charge in [-0.2, -0.15) is 4.31 Å². The smallest absolute Gasteiger partial charge is 0.318 e. The first-order valence-corrected chi connectivity index (χ1v) is 16.1. The lowest BCUT2D eigenvalue weighted by molar-refractivity contribution is -0.384. The molecule has 0 bridgehead atoms. The topological polar surface area (TPSA) is 131 Å². The van der Waals surface area contributed by atoms with Crippen molar-refractivity contribution in [3.63, 3.8) is 0 Å². The van der Waals surface area contributed by atoms with Crippen LogP contribution in [0.5, 0.6) is 0 Å². The molecule has 46 heavy (non-hydrogen) atoms. The van der Waals surface area contributed by atoms with Gasteiger partial charge in [0.15, 0.2) is 4.75 Å². The molecule has 0 fully saturated rings. The molecule has 1 aliphatic rings. The van der Waals surface area contributed by atoms with E-state index in [1.807, 2.05) is 72.8 Å². The number of para-hydroxylation sites is 1. The summed E-state index contributed by atoms with van der Waals surface area (Å²) in [6, 6.07) is 31.9. The van der Waals surface area contributed by atoms with Crippen molar-refractivity contribution in [2.75, 3.05) is 6.54 Å². The number of rotatable bonds is 11. The number of sulfonamides is 1. The predicted octanol–water partition coefficient (Wildman–Crippen LogP) is 6.95. The Bertz CT molecular complexity index is 2060. The summed E-state index contributed by atoms with van der Waals surface area (Å²) < 4.78 is 35.7. The number of furan rings is 1. The van der Waals surface area contributed by atoms with Crippen molar-refractivity contribution in [1.29, 1.82) is 0 Å². The zero-order valence-electron chi connectivity index (χ0n) is 24.6. The summed E-state index contributed by atoms with van der Waals surface area (Å²) in [5, 5.41) is 22.0. The van der Waals surface area contributed by atoms with E-state index in [2.05, 4.69) is 0 Å². The molecule has 6 rings (SSSR count). The summed E-state index contributed by atoms with van der Waals surface area (Å²) in [4.78, 5) is 23.1. The fraction of sp³-hybridized carbons (Fsp3) is 0.139. The van der Waals surface area contributed by atoms with Crippen LogP contribution in [-0.2, 0) is 32.5 Å². The van der Waals surface area contributed by atoms with Crippen LogP contribution in [0.15, 0.2) is 138 Å². The first-order valence-electron chi connectivity index (χ1n) is 14.6. The summed E-state index contributed by atoms with van der Waals surface area (Å²) in [7, 11) is -4.60. The van der Waals surface area contributed by atoms with E-state index in [-0.39, 0.29) is 23.6 Å². The van der Waals surface area contributed by atoms with E-state index in [1.165, 1.54) is 24.3 Å². The largest absolute Gasteiger partial charge is 0.480 e. The molecule has 10 heteroatoms. The second-order valence-electron chi connectivity index (χ2n) is 11.1. The number of allylic oxidation sites excluding steroid dienone is 2. The molecular weight excluding hydrogens is 604 g/mol. The average molecular weight is 635 g/mol. The first kappa shape index (κ1) is 30.7. The van der Waals surface area contributed by atoms with E-state index in [4.69, 9.17) is 4.42 Å². The molecule has 5 aromatic rings. The number of carboxylic acids is 1. The molecule has 4 aromatic carbocycles. The van der Waals surface area contributed by atoms with Crippen LogP contribution in [-0.4, -0.2) is 35.3 Å². The maximum absolute atomic E-state index is 15.1. The standard InChI is InChI=1S/C36H30N2O7S/c39-34(40)25-37(24-27-12-9-15-30(22-27)38(41)42)46(43,44)36(20-18-29(19-21-36)28-13-5-2-6-14-28)35-31-16-7-8-17-32(31)45-33(35)23-26-10-3-1-4-11-26/h1-22,29H,23-25H2,(H,39,40). The number of nitrogens with zero attached hydrogens (tertiary/aromatic N) is 2. The van der Waals surface area contributed by atoms with Gasteiger partial charge in [0.1, 0.15) is 17.9 Å². The lowest BCUT2D eigenvalue weighted by Crippen LogP contribution is -2.47. The van der Waals surface area contributed by atoms with E-state index in [1.54, 1.807) is 36.4 Å². The molecule has 0 unspecified atom stereocenters. The Labute approximate surface area is 265 Å². The van der Waals surface area contributed by atoms with Crippen LogP contribution in [0.4, 0.5) is 5.69 Å². The fourth-order valence-corrected chi connectivity index (χ4v) is 7.98. The van der Waals surface area contributed by atoms with Crippen LogP contribution in [0, 0.1) is 10.1 Å². The third-order valence-corrected chi connectivity index (χ3v) is 10.4. The number of hydrogen-bond acceptors (Lipinski definition) is 6. The fourth-order valence-electron chi connectivity index (χ4n) is 5.97. The van der Waals surface area contributed by atoms with Gasteiger partial charge in [0, 0.05) is 42.0 Å². The summed E-state index contributed by atoms with van der Waals surface area (Å²) in [6.45, 7) is -1.26. The molecule has 9 nitrogen and oxygen atoms in total. The number of fused-ring (bicyclic) bond motifs is 1. The lowest BCUT2D eigenvalue weighted by Gasteiger charge is -2.36. The second kappa shape index (κ2) is 12.6. The third-order valence-electron chi connectivity index (χ3n) is 8.11. The molecule has 232 valence electrons. The third kappa shape index (κ3) is 5.88. The maximum atomic E-state index is 15.1. The van der Waals surface area contributed by atoms with Gasteiger partial charge in [-0.1, -0.05) is 115 Å².